The third kappa shape index (κ3) is 3.32. The Bertz CT molecular complexity index is 788. The van der Waals surface area contributed by atoms with E-state index in [-0.39, 0.29) is 11.9 Å². The molecule has 7 heteroatoms. The zero-order valence-electron chi connectivity index (χ0n) is 15.6. The highest BCUT2D eigenvalue weighted by atomic mass is 19.1. The SMILES string of the molecule is CN1C(=O)NC(c2ccccc2F)C2=C1CN(CCN1CCCCC1)C2=O. The molecule has 0 saturated carbocycles. The molecular formula is C20H25FN4O2. The maximum absolute atomic E-state index is 14.4. The number of halogens is 1. The van der Waals surface area contributed by atoms with E-state index < -0.39 is 11.9 Å². The fraction of sp³-hybridized carbons (Fsp3) is 0.500. The molecule has 6 nitrogen and oxygen atoms in total. The largest absolute Gasteiger partial charge is 0.332 e. The third-order valence-electron chi connectivity index (χ3n) is 5.79. The van der Waals surface area contributed by atoms with Crippen molar-refractivity contribution in [1.82, 2.24) is 20.0 Å². The summed E-state index contributed by atoms with van der Waals surface area (Å²) >= 11 is 0. The van der Waals surface area contributed by atoms with E-state index in [0.717, 1.165) is 19.6 Å². The number of nitrogens with zero attached hydrogens (tertiary/aromatic N) is 3. The summed E-state index contributed by atoms with van der Waals surface area (Å²) < 4.78 is 14.4. The van der Waals surface area contributed by atoms with Crippen LogP contribution in [0.5, 0.6) is 0 Å². The van der Waals surface area contributed by atoms with Gasteiger partial charge in [0, 0.05) is 25.7 Å². The van der Waals surface area contributed by atoms with Crippen LogP contribution >= 0.6 is 0 Å². The molecule has 27 heavy (non-hydrogen) atoms. The molecule has 0 bridgehead atoms. The van der Waals surface area contributed by atoms with Crippen LogP contribution in [0.15, 0.2) is 35.5 Å². The number of hydrogen-bond acceptors (Lipinski definition) is 3. The van der Waals surface area contributed by atoms with Crippen molar-refractivity contribution in [1.29, 1.82) is 0 Å². The van der Waals surface area contributed by atoms with Crippen LogP contribution in [-0.2, 0) is 4.79 Å². The van der Waals surface area contributed by atoms with Gasteiger partial charge in [0.2, 0.25) is 0 Å². The van der Waals surface area contributed by atoms with Crippen LogP contribution in [0.4, 0.5) is 9.18 Å². The minimum Gasteiger partial charge on any atom is -0.332 e. The first kappa shape index (κ1) is 18.0. The molecule has 1 atom stereocenters. The van der Waals surface area contributed by atoms with Crippen molar-refractivity contribution in [3.8, 4) is 0 Å². The second-order valence-corrected chi connectivity index (χ2v) is 7.45. The Morgan fingerprint density at radius 3 is 2.59 bits per heavy atom. The van der Waals surface area contributed by atoms with Gasteiger partial charge in [0.1, 0.15) is 5.82 Å². The molecule has 3 aliphatic heterocycles. The average Bonchev–Trinajstić information content (AvgIpc) is 3.01. The zero-order chi connectivity index (χ0) is 19.0. The summed E-state index contributed by atoms with van der Waals surface area (Å²) in [6.45, 7) is 4.01. The van der Waals surface area contributed by atoms with E-state index in [1.807, 2.05) is 0 Å². The lowest BCUT2D eigenvalue weighted by atomic mass is 9.95. The first-order valence-electron chi connectivity index (χ1n) is 9.59. The molecule has 0 radical (unpaired) electrons. The van der Waals surface area contributed by atoms with Gasteiger partial charge in [-0.1, -0.05) is 24.6 Å². The molecule has 1 aromatic carbocycles. The van der Waals surface area contributed by atoms with Crippen LogP contribution in [0, 0.1) is 5.82 Å². The van der Waals surface area contributed by atoms with Crippen molar-refractivity contribution in [3.05, 3.63) is 46.9 Å². The van der Waals surface area contributed by atoms with Crippen LogP contribution in [0.3, 0.4) is 0 Å². The molecule has 0 spiro atoms. The fourth-order valence-electron chi connectivity index (χ4n) is 4.19. The summed E-state index contributed by atoms with van der Waals surface area (Å²) in [5.41, 5.74) is 1.49. The fourth-order valence-corrected chi connectivity index (χ4v) is 4.19. The number of urea groups is 1. The number of rotatable bonds is 4. The number of nitrogens with one attached hydrogen (secondary N) is 1. The highest BCUT2D eigenvalue weighted by Gasteiger charge is 2.43. The normalized spacial score (nSPS) is 23.7. The number of carbonyl (C=O) groups excluding carboxylic acids is 2. The Morgan fingerprint density at radius 1 is 1.11 bits per heavy atom. The van der Waals surface area contributed by atoms with Crippen molar-refractivity contribution >= 4 is 11.9 Å². The topological polar surface area (TPSA) is 55.9 Å². The summed E-state index contributed by atoms with van der Waals surface area (Å²) in [6.07, 6.45) is 3.69. The van der Waals surface area contributed by atoms with Gasteiger partial charge in [-0.05, 0) is 32.0 Å². The second kappa shape index (κ2) is 7.31. The third-order valence-corrected chi connectivity index (χ3v) is 5.79. The van der Waals surface area contributed by atoms with Crippen molar-refractivity contribution in [2.24, 2.45) is 0 Å². The van der Waals surface area contributed by atoms with Crippen molar-refractivity contribution in [3.63, 3.8) is 0 Å². The standard InChI is InChI=1S/C20H25FN4O2/c1-23-16-13-25(12-11-24-9-5-2-6-10-24)19(26)17(16)18(22-20(23)27)14-7-3-4-8-15(14)21/h3-4,7-8,18H,2,5-6,9-13H2,1H3,(H,22,27). The maximum Gasteiger partial charge on any atom is 0.322 e. The highest BCUT2D eigenvalue weighted by Crippen LogP contribution is 2.36. The lowest BCUT2D eigenvalue weighted by Crippen LogP contribution is -2.45. The monoisotopic (exact) mass is 372 g/mol. The Morgan fingerprint density at radius 2 is 1.85 bits per heavy atom. The lowest BCUT2D eigenvalue weighted by Gasteiger charge is -2.31. The lowest BCUT2D eigenvalue weighted by molar-refractivity contribution is -0.126. The number of likely N-dealkylation sites (N-methyl/N-ethyl adjacent to an activating group) is 1. The quantitative estimate of drug-likeness (QED) is 0.881. The predicted molar refractivity (Wildman–Crippen MR) is 99.3 cm³/mol. The number of carbonyl (C=O) groups is 2. The molecule has 144 valence electrons. The van der Waals surface area contributed by atoms with Gasteiger partial charge >= 0.3 is 6.03 Å². The summed E-state index contributed by atoms with van der Waals surface area (Å²) in [4.78, 5) is 31.1. The predicted octanol–water partition coefficient (Wildman–Crippen LogP) is 2.10. The molecule has 1 saturated heterocycles. The number of amides is 3. The van der Waals surface area contributed by atoms with E-state index >= 15 is 0 Å². The van der Waals surface area contributed by atoms with Crippen LogP contribution < -0.4 is 5.32 Å². The van der Waals surface area contributed by atoms with Gasteiger partial charge in [0.25, 0.3) is 5.91 Å². The maximum atomic E-state index is 14.4. The Hall–Kier alpha value is -2.41. The van der Waals surface area contributed by atoms with E-state index in [9.17, 15) is 14.0 Å². The zero-order valence-corrected chi connectivity index (χ0v) is 15.6. The van der Waals surface area contributed by atoms with E-state index in [4.69, 9.17) is 0 Å². The van der Waals surface area contributed by atoms with Gasteiger partial charge in [0.05, 0.1) is 23.9 Å². The molecule has 3 amide bonds. The molecule has 1 N–H and O–H groups in total. The molecule has 1 aromatic rings. The molecule has 0 aromatic heterocycles. The Labute approximate surface area is 158 Å². The Balaban J connectivity index is 1.56. The van der Waals surface area contributed by atoms with E-state index in [0.29, 0.717) is 29.9 Å². The summed E-state index contributed by atoms with van der Waals surface area (Å²) in [5.74, 6) is -0.527. The van der Waals surface area contributed by atoms with Gasteiger partial charge < -0.3 is 15.1 Å². The van der Waals surface area contributed by atoms with Crippen LogP contribution in [0.25, 0.3) is 0 Å². The van der Waals surface area contributed by atoms with Gasteiger partial charge in [-0.25, -0.2) is 9.18 Å². The van der Waals surface area contributed by atoms with Gasteiger partial charge in [-0.15, -0.1) is 0 Å². The summed E-state index contributed by atoms with van der Waals surface area (Å²) in [5, 5.41) is 2.78. The molecule has 1 fully saturated rings. The molecule has 1 unspecified atom stereocenters. The smallest absolute Gasteiger partial charge is 0.322 e. The van der Waals surface area contributed by atoms with Crippen LogP contribution in [0.2, 0.25) is 0 Å². The number of hydrogen-bond donors (Lipinski definition) is 1. The number of likely N-dealkylation sites (tertiary alicyclic amines) is 1. The number of benzene rings is 1. The molecular weight excluding hydrogens is 347 g/mol. The van der Waals surface area contributed by atoms with Crippen molar-refractivity contribution in [2.45, 2.75) is 25.3 Å². The van der Waals surface area contributed by atoms with Crippen molar-refractivity contribution < 1.29 is 14.0 Å². The minimum absolute atomic E-state index is 0.109. The molecule has 4 rings (SSSR count). The molecule has 3 heterocycles. The first-order valence-corrected chi connectivity index (χ1v) is 9.59. The average molecular weight is 372 g/mol. The molecule has 3 aliphatic rings. The minimum atomic E-state index is -0.739. The van der Waals surface area contributed by atoms with Crippen molar-refractivity contribution in [2.75, 3.05) is 39.8 Å². The van der Waals surface area contributed by atoms with Crippen LogP contribution in [-0.4, -0.2) is 66.4 Å². The first-order chi connectivity index (χ1) is 13.1. The second-order valence-electron chi connectivity index (χ2n) is 7.45. The van der Waals surface area contributed by atoms with E-state index in [1.54, 1.807) is 30.1 Å². The van der Waals surface area contributed by atoms with Gasteiger partial charge in [-0.3, -0.25) is 9.69 Å². The number of piperidine rings is 1. The van der Waals surface area contributed by atoms with E-state index in [1.165, 1.54) is 30.2 Å². The van der Waals surface area contributed by atoms with Gasteiger partial charge in [-0.2, -0.15) is 0 Å². The molecule has 0 aliphatic carbocycles. The van der Waals surface area contributed by atoms with E-state index in [2.05, 4.69) is 10.2 Å². The highest BCUT2D eigenvalue weighted by molar-refractivity contribution is 6.01. The summed E-state index contributed by atoms with van der Waals surface area (Å²) in [6, 6.07) is 5.25. The van der Waals surface area contributed by atoms with Crippen LogP contribution in [0.1, 0.15) is 30.9 Å². The van der Waals surface area contributed by atoms with Gasteiger partial charge in [0.15, 0.2) is 0 Å². The Kier molecular flexibility index (Phi) is 4.86. The summed E-state index contributed by atoms with van der Waals surface area (Å²) in [7, 11) is 1.66.